The first-order valence-corrected chi connectivity index (χ1v) is 9.43. The molecule has 1 amide bonds. The van der Waals surface area contributed by atoms with Crippen LogP contribution in [0.2, 0.25) is 0 Å². The summed E-state index contributed by atoms with van der Waals surface area (Å²) in [5, 5.41) is 0. The van der Waals surface area contributed by atoms with E-state index in [1.165, 1.54) is 4.90 Å². The molecule has 2 rings (SSSR count). The molecule has 1 heterocycles. The van der Waals surface area contributed by atoms with E-state index in [0.717, 1.165) is 20.0 Å². The minimum Gasteiger partial charge on any atom is -0.491 e. The number of esters is 1. The van der Waals surface area contributed by atoms with Crippen LogP contribution in [0.5, 0.6) is 5.75 Å². The first kappa shape index (κ1) is 22.0. The summed E-state index contributed by atoms with van der Waals surface area (Å²) in [4.78, 5) is 26.0. The smallest absolute Gasteiger partial charge is 0.309 e. The fourth-order valence-corrected chi connectivity index (χ4v) is 3.19. The van der Waals surface area contributed by atoms with Gasteiger partial charge in [0.15, 0.2) is 17.4 Å². The Hall–Kier alpha value is -2.25. The minimum atomic E-state index is -1.48. The number of carbonyl (C=O) groups is 2. The van der Waals surface area contributed by atoms with Crippen molar-refractivity contribution in [2.45, 2.75) is 39.5 Å². The third kappa shape index (κ3) is 5.17. The summed E-state index contributed by atoms with van der Waals surface area (Å²) in [6.07, 6.45) is 2.52. The van der Waals surface area contributed by atoms with Gasteiger partial charge in [0.1, 0.15) is 0 Å². The van der Waals surface area contributed by atoms with Crippen molar-refractivity contribution >= 4 is 11.9 Å². The Morgan fingerprint density at radius 1 is 1.18 bits per heavy atom. The largest absolute Gasteiger partial charge is 0.491 e. The highest BCUT2D eigenvalue weighted by Crippen LogP contribution is 2.29. The summed E-state index contributed by atoms with van der Waals surface area (Å²) in [6, 6.07) is 0.532. The summed E-state index contributed by atoms with van der Waals surface area (Å²) in [7, 11) is 0.994. The molecule has 1 fully saturated rings. The lowest BCUT2D eigenvalue weighted by atomic mass is 9.96. The van der Waals surface area contributed by atoms with Gasteiger partial charge in [0.05, 0.1) is 25.2 Å². The quantitative estimate of drug-likeness (QED) is 0.395. The van der Waals surface area contributed by atoms with Gasteiger partial charge in [0.25, 0.3) is 5.91 Å². The lowest BCUT2D eigenvalue weighted by Crippen LogP contribution is -2.41. The highest BCUT2D eigenvalue weighted by Gasteiger charge is 2.31. The Balaban J connectivity index is 1.94. The van der Waals surface area contributed by atoms with Crippen LogP contribution in [-0.2, 0) is 9.53 Å². The molecule has 0 saturated carbocycles. The van der Waals surface area contributed by atoms with Crippen LogP contribution in [-0.4, -0.2) is 43.6 Å². The first-order chi connectivity index (χ1) is 13.3. The minimum absolute atomic E-state index is 0.200. The van der Waals surface area contributed by atoms with Gasteiger partial charge in [-0.25, -0.2) is 8.78 Å². The molecule has 0 aliphatic carbocycles. The molecule has 0 radical (unpaired) electrons. The molecule has 1 aliphatic heterocycles. The molecule has 8 heteroatoms. The summed E-state index contributed by atoms with van der Waals surface area (Å²) >= 11 is 0. The Labute approximate surface area is 162 Å². The van der Waals surface area contributed by atoms with Crippen molar-refractivity contribution < 1.29 is 32.2 Å². The number of hydrogen-bond acceptors (Lipinski definition) is 4. The molecular weight excluding hydrogens is 375 g/mol. The van der Waals surface area contributed by atoms with Gasteiger partial charge in [-0.2, -0.15) is 4.39 Å². The van der Waals surface area contributed by atoms with Crippen LogP contribution < -0.4 is 4.74 Å². The molecule has 0 N–H and O–H groups in total. The maximum atomic E-state index is 14.3. The average molecular weight is 401 g/mol. The Kier molecular flexibility index (Phi) is 7.71. The van der Waals surface area contributed by atoms with Crippen LogP contribution in [0.25, 0.3) is 0 Å². The van der Waals surface area contributed by atoms with E-state index in [4.69, 9.17) is 4.74 Å². The molecule has 1 aromatic rings. The zero-order chi connectivity index (χ0) is 20.8. The van der Waals surface area contributed by atoms with Crippen LogP contribution in [0.4, 0.5) is 13.2 Å². The predicted octanol–water partition coefficient (Wildman–Crippen LogP) is 3.94. The topological polar surface area (TPSA) is 55.8 Å². The number of nitrogens with zero attached hydrogens (tertiary/aromatic N) is 1. The molecule has 1 saturated heterocycles. The van der Waals surface area contributed by atoms with E-state index in [1.807, 2.05) is 0 Å². The molecule has 28 heavy (non-hydrogen) atoms. The Morgan fingerprint density at radius 2 is 1.82 bits per heavy atom. The van der Waals surface area contributed by atoms with Crippen LogP contribution in [0, 0.1) is 29.3 Å². The monoisotopic (exact) mass is 401 g/mol. The van der Waals surface area contributed by atoms with Crippen molar-refractivity contribution in [1.29, 1.82) is 0 Å². The number of methoxy groups -OCH3 is 1. The van der Waals surface area contributed by atoms with Gasteiger partial charge in [-0.15, -0.1) is 0 Å². The highest BCUT2D eigenvalue weighted by atomic mass is 19.2. The van der Waals surface area contributed by atoms with Crippen molar-refractivity contribution in [3.63, 3.8) is 0 Å². The number of ether oxygens (including phenoxy) is 2. The van der Waals surface area contributed by atoms with Gasteiger partial charge in [-0.05, 0) is 37.7 Å². The van der Waals surface area contributed by atoms with Crippen LogP contribution in [0.15, 0.2) is 6.07 Å². The number of amides is 1. The highest BCUT2D eigenvalue weighted by molar-refractivity contribution is 5.95. The maximum absolute atomic E-state index is 14.3. The summed E-state index contributed by atoms with van der Waals surface area (Å²) < 4.78 is 51.3. The first-order valence-electron chi connectivity index (χ1n) is 9.43. The lowest BCUT2D eigenvalue weighted by Gasteiger charge is -2.31. The number of halogens is 3. The molecule has 156 valence electrons. The predicted molar refractivity (Wildman–Crippen MR) is 96.5 cm³/mol. The van der Waals surface area contributed by atoms with Gasteiger partial charge < -0.3 is 14.4 Å². The van der Waals surface area contributed by atoms with E-state index in [2.05, 4.69) is 18.6 Å². The van der Waals surface area contributed by atoms with E-state index in [-0.39, 0.29) is 25.0 Å². The number of benzene rings is 1. The van der Waals surface area contributed by atoms with E-state index in [9.17, 15) is 22.8 Å². The third-order valence-corrected chi connectivity index (χ3v) is 4.84. The molecule has 0 unspecified atom stereocenters. The second kappa shape index (κ2) is 9.80. The molecule has 0 aromatic heterocycles. The van der Waals surface area contributed by atoms with Crippen molar-refractivity contribution in [1.82, 2.24) is 4.90 Å². The lowest BCUT2D eigenvalue weighted by molar-refractivity contribution is -0.150. The molecular formula is C20H26F3NO4. The zero-order valence-electron chi connectivity index (χ0n) is 16.4. The van der Waals surface area contributed by atoms with E-state index >= 15 is 0 Å². The van der Waals surface area contributed by atoms with Crippen molar-refractivity contribution in [3.8, 4) is 5.75 Å². The summed E-state index contributed by atoms with van der Waals surface area (Å²) in [5.41, 5.74) is -0.592. The van der Waals surface area contributed by atoms with Gasteiger partial charge in [0, 0.05) is 13.1 Å². The number of piperidine rings is 1. The summed E-state index contributed by atoms with van der Waals surface area (Å²) in [5.74, 6) is -5.84. The third-order valence-electron chi connectivity index (χ3n) is 4.84. The molecule has 0 atom stereocenters. The SMILES string of the molecule is COc1c(F)c(F)cc(C(=O)N2CCC(C(=O)OCCCC(C)C)CC2)c1F. The van der Waals surface area contributed by atoms with Crippen LogP contribution in [0.3, 0.4) is 0 Å². The molecule has 0 bridgehead atoms. The molecule has 1 aromatic carbocycles. The summed E-state index contributed by atoms with van der Waals surface area (Å²) in [6.45, 7) is 4.96. The van der Waals surface area contributed by atoms with Crippen LogP contribution >= 0.6 is 0 Å². The number of likely N-dealkylation sites (tertiary alicyclic amines) is 1. The van der Waals surface area contributed by atoms with Gasteiger partial charge in [0.2, 0.25) is 5.82 Å². The molecule has 0 spiro atoms. The standard InChI is InChI=1S/C20H26F3NO4/c1-12(2)5-4-10-28-20(26)13-6-8-24(9-7-13)19(25)14-11-15(21)17(23)18(27-3)16(14)22/h11-13H,4-10H2,1-3H3. The average Bonchev–Trinajstić information content (AvgIpc) is 2.68. The van der Waals surface area contributed by atoms with Crippen molar-refractivity contribution in [3.05, 3.63) is 29.1 Å². The normalized spacial score (nSPS) is 15.0. The van der Waals surface area contributed by atoms with Gasteiger partial charge in [-0.1, -0.05) is 13.8 Å². The Morgan fingerprint density at radius 3 is 2.39 bits per heavy atom. The molecule has 1 aliphatic rings. The maximum Gasteiger partial charge on any atom is 0.309 e. The van der Waals surface area contributed by atoms with E-state index in [1.54, 1.807) is 0 Å². The van der Waals surface area contributed by atoms with E-state index < -0.39 is 34.7 Å². The fourth-order valence-electron chi connectivity index (χ4n) is 3.19. The second-order valence-corrected chi connectivity index (χ2v) is 7.34. The Bertz CT molecular complexity index is 716. The second-order valence-electron chi connectivity index (χ2n) is 7.34. The van der Waals surface area contributed by atoms with E-state index in [0.29, 0.717) is 31.4 Å². The number of carbonyl (C=O) groups excluding carboxylic acids is 2. The van der Waals surface area contributed by atoms with Crippen LogP contribution in [0.1, 0.15) is 49.9 Å². The zero-order valence-corrected chi connectivity index (χ0v) is 16.4. The molecule has 5 nitrogen and oxygen atoms in total. The van der Waals surface area contributed by atoms with Crippen molar-refractivity contribution in [2.75, 3.05) is 26.8 Å². The van der Waals surface area contributed by atoms with Gasteiger partial charge >= 0.3 is 5.97 Å². The number of rotatable bonds is 7. The fraction of sp³-hybridized carbons (Fsp3) is 0.600. The van der Waals surface area contributed by atoms with Gasteiger partial charge in [-0.3, -0.25) is 9.59 Å². The number of hydrogen-bond donors (Lipinski definition) is 0. The van der Waals surface area contributed by atoms with Crippen molar-refractivity contribution in [2.24, 2.45) is 11.8 Å².